The van der Waals surface area contributed by atoms with E-state index in [1.54, 1.807) is 23.3 Å². The number of nitrogens with zero attached hydrogens (tertiary/aromatic N) is 4. The first-order valence-corrected chi connectivity index (χ1v) is 4.79. The smallest absolute Gasteiger partial charge is 0.164 e. The van der Waals surface area contributed by atoms with Gasteiger partial charge in [-0.3, -0.25) is 14.6 Å². The molecule has 78 valence electrons. The highest BCUT2D eigenvalue weighted by Gasteiger charge is 2.05. The fraction of sp³-hybridized carbons (Fsp3) is 0.222. The molecule has 2 heterocycles. The van der Waals surface area contributed by atoms with E-state index in [1.165, 1.54) is 0 Å². The summed E-state index contributed by atoms with van der Waals surface area (Å²) in [7, 11) is 0. The van der Waals surface area contributed by atoms with Gasteiger partial charge in [-0.2, -0.15) is 5.10 Å². The molecule has 0 saturated carbocycles. The Bertz CT molecular complexity index is 460. The maximum atomic E-state index is 5.79. The Morgan fingerprint density at radius 3 is 2.73 bits per heavy atom. The summed E-state index contributed by atoms with van der Waals surface area (Å²) in [6, 6.07) is 0. The summed E-state index contributed by atoms with van der Waals surface area (Å²) in [6.45, 7) is 2.42. The molecule has 0 aliphatic carbocycles. The summed E-state index contributed by atoms with van der Waals surface area (Å²) in [5.41, 5.74) is 7.27. The van der Waals surface area contributed by atoms with Gasteiger partial charge >= 0.3 is 0 Å². The highest BCUT2D eigenvalue weighted by atomic mass is 35.5. The first-order valence-electron chi connectivity index (χ1n) is 4.41. The number of aromatic nitrogens is 4. The van der Waals surface area contributed by atoms with Crippen LogP contribution in [0.5, 0.6) is 0 Å². The zero-order chi connectivity index (χ0) is 10.8. The van der Waals surface area contributed by atoms with Crippen LogP contribution >= 0.6 is 11.6 Å². The minimum atomic E-state index is 0.332. The van der Waals surface area contributed by atoms with Crippen molar-refractivity contribution in [2.45, 2.75) is 13.5 Å². The van der Waals surface area contributed by atoms with E-state index in [4.69, 9.17) is 17.3 Å². The monoisotopic (exact) mass is 223 g/mol. The number of hydrogen-bond acceptors (Lipinski definition) is 4. The molecule has 2 rings (SSSR count). The van der Waals surface area contributed by atoms with Gasteiger partial charge in [-0.15, -0.1) is 0 Å². The van der Waals surface area contributed by atoms with Gasteiger partial charge in [0, 0.05) is 18.6 Å². The summed E-state index contributed by atoms with van der Waals surface area (Å²) in [5.74, 6) is 0.332. The van der Waals surface area contributed by atoms with Crippen molar-refractivity contribution in [3.8, 4) is 0 Å². The van der Waals surface area contributed by atoms with Crippen LogP contribution in [0.15, 0.2) is 18.6 Å². The second-order valence-electron chi connectivity index (χ2n) is 3.15. The average Bonchev–Trinajstić information content (AvgIpc) is 2.50. The van der Waals surface area contributed by atoms with Crippen LogP contribution in [-0.2, 0) is 6.54 Å². The van der Waals surface area contributed by atoms with Crippen LogP contribution in [0.2, 0.25) is 5.02 Å². The van der Waals surface area contributed by atoms with E-state index in [9.17, 15) is 0 Å². The molecule has 0 amide bonds. The van der Waals surface area contributed by atoms with Gasteiger partial charge in [-0.05, 0) is 6.92 Å². The molecule has 0 aliphatic heterocycles. The Hall–Kier alpha value is -1.62. The van der Waals surface area contributed by atoms with Gasteiger partial charge in [-0.1, -0.05) is 11.6 Å². The molecule has 0 unspecified atom stereocenters. The minimum Gasteiger partial charge on any atom is -0.381 e. The number of anilines is 1. The van der Waals surface area contributed by atoms with Crippen molar-refractivity contribution in [1.29, 1.82) is 0 Å². The van der Waals surface area contributed by atoms with Gasteiger partial charge < -0.3 is 5.73 Å². The summed E-state index contributed by atoms with van der Waals surface area (Å²) < 4.78 is 1.65. The Balaban J connectivity index is 2.26. The molecular weight excluding hydrogens is 214 g/mol. The fourth-order valence-corrected chi connectivity index (χ4v) is 1.39. The Morgan fingerprint density at radius 2 is 2.13 bits per heavy atom. The van der Waals surface area contributed by atoms with Crippen LogP contribution in [0, 0.1) is 6.92 Å². The Labute approximate surface area is 91.9 Å². The van der Waals surface area contributed by atoms with Crippen molar-refractivity contribution < 1.29 is 0 Å². The third kappa shape index (κ3) is 2.07. The molecule has 0 radical (unpaired) electrons. The van der Waals surface area contributed by atoms with Gasteiger partial charge in [0.25, 0.3) is 0 Å². The van der Waals surface area contributed by atoms with E-state index >= 15 is 0 Å². The molecule has 5 nitrogen and oxygen atoms in total. The third-order valence-electron chi connectivity index (χ3n) is 2.04. The normalized spacial score (nSPS) is 10.5. The first kappa shape index (κ1) is 9.92. The molecule has 15 heavy (non-hydrogen) atoms. The zero-order valence-corrected chi connectivity index (χ0v) is 8.94. The van der Waals surface area contributed by atoms with Crippen molar-refractivity contribution in [3.63, 3.8) is 0 Å². The van der Waals surface area contributed by atoms with E-state index in [2.05, 4.69) is 15.1 Å². The van der Waals surface area contributed by atoms with E-state index in [1.807, 2.05) is 6.92 Å². The number of hydrogen-bond donors (Lipinski definition) is 1. The molecule has 0 saturated heterocycles. The molecule has 0 fully saturated rings. The number of nitrogen functional groups attached to an aromatic ring is 1. The predicted octanol–water partition coefficient (Wildman–Crippen LogP) is 1.27. The van der Waals surface area contributed by atoms with Crippen LogP contribution in [-0.4, -0.2) is 19.7 Å². The Kier molecular flexibility index (Phi) is 2.55. The van der Waals surface area contributed by atoms with E-state index in [-0.39, 0.29) is 0 Å². The number of halogens is 1. The quantitative estimate of drug-likeness (QED) is 0.832. The van der Waals surface area contributed by atoms with Crippen LogP contribution in [0.3, 0.4) is 0 Å². The van der Waals surface area contributed by atoms with Crippen LogP contribution in [0.4, 0.5) is 5.82 Å². The van der Waals surface area contributed by atoms with Crippen molar-refractivity contribution in [2.75, 3.05) is 5.73 Å². The number of nitrogens with two attached hydrogens (primary N) is 1. The number of rotatable bonds is 2. The molecule has 0 spiro atoms. The Morgan fingerprint density at radius 1 is 1.40 bits per heavy atom. The molecule has 0 aliphatic rings. The van der Waals surface area contributed by atoms with Gasteiger partial charge in [0.15, 0.2) is 5.82 Å². The molecular formula is C9H10ClN5. The van der Waals surface area contributed by atoms with Gasteiger partial charge in [0.2, 0.25) is 0 Å². The molecule has 0 atom stereocenters. The van der Waals surface area contributed by atoms with Gasteiger partial charge in [0.1, 0.15) is 5.02 Å². The molecule has 0 bridgehead atoms. The first-order chi connectivity index (χ1) is 7.16. The minimum absolute atomic E-state index is 0.332. The van der Waals surface area contributed by atoms with Crippen molar-refractivity contribution >= 4 is 17.4 Å². The van der Waals surface area contributed by atoms with Crippen LogP contribution < -0.4 is 5.73 Å². The number of aryl methyl sites for hydroxylation is 1. The molecule has 2 aromatic rings. The summed E-state index contributed by atoms with van der Waals surface area (Å²) in [5, 5.41) is 4.50. The maximum absolute atomic E-state index is 5.79. The summed E-state index contributed by atoms with van der Waals surface area (Å²) in [6.07, 6.45) is 4.98. The third-order valence-corrected chi connectivity index (χ3v) is 2.33. The van der Waals surface area contributed by atoms with E-state index in [0.29, 0.717) is 17.4 Å². The average molecular weight is 224 g/mol. The second kappa shape index (κ2) is 3.86. The maximum Gasteiger partial charge on any atom is 0.164 e. The topological polar surface area (TPSA) is 69.6 Å². The van der Waals surface area contributed by atoms with Crippen LogP contribution in [0.25, 0.3) is 0 Å². The molecule has 2 N–H and O–H groups in total. The zero-order valence-electron chi connectivity index (χ0n) is 8.18. The lowest BCUT2D eigenvalue weighted by Gasteiger charge is -2.02. The van der Waals surface area contributed by atoms with Crippen molar-refractivity contribution in [1.82, 2.24) is 19.7 Å². The van der Waals surface area contributed by atoms with Crippen molar-refractivity contribution in [2.24, 2.45) is 0 Å². The standard InChI is InChI=1S/C9H10ClN5/c1-6-8(13-3-2-12-6)5-15-4-7(10)9(11)14-15/h2-4H,5H2,1H3,(H2,11,14). The van der Waals surface area contributed by atoms with Crippen LogP contribution in [0.1, 0.15) is 11.4 Å². The fourth-order valence-electron chi connectivity index (χ4n) is 1.24. The van der Waals surface area contributed by atoms with Gasteiger partial charge in [0.05, 0.1) is 17.9 Å². The molecule has 2 aromatic heterocycles. The highest BCUT2D eigenvalue weighted by Crippen LogP contribution is 2.16. The lowest BCUT2D eigenvalue weighted by molar-refractivity contribution is 0.668. The lowest BCUT2D eigenvalue weighted by atomic mass is 10.3. The summed E-state index contributed by atoms with van der Waals surface area (Å²) >= 11 is 5.79. The van der Waals surface area contributed by atoms with E-state index < -0.39 is 0 Å². The molecule has 6 heteroatoms. The van der Waals surface area contributed by atoms with Crippen molar-refractivity contribution in [3.05, 3.63) is 35.0 Å². The lowest BCUT2D eigenvalue weighted by Crippen LogP contribution is -2.05. The largest absolute Gasteiger partial charge is 0.381 e. The van der Waals surface area contributed by atoms with E-state index in [0.717, 1.165) is 11.4 Å². The SMILES string of the molecule is Cc1nccnc1Cn1cc(Cl)c(N)n1. The molecule has 0 aromatic carbocycles. The highest BCUT2D eigenvalue weighted by molar-refractivity contribution is 6.32. The summed E-state index contributed by atoms with van der Waals surface area (Å²) in [4.78, 5) is 8.34. The predicted molar refractivity (Wildman–Crippen MR) is 57.5 cm³/mol. The second-order valence-corrected chi connectivity index (χ2v) is 3.56. The van der Waals surface area contributed by atoms with Gasteiger partial charge in [-0.25, -0.2) is 0 Å².